The highest BCUT2D eigenvalue weighted by Gasteiger charge is 2.19. The van der Waals surface area contributed by atoms with Crippen LogP contribution in [-0.2, 0) is 0 Å². The minimum atomic E-state index is 1.10. The van der Waals surface area contributed by atoms with Crippen molar-refractivity contribution in [2.45, 2.75) is 0 Å². The lowest BCUT2D eigenvalue weighted by molar-refractivity contribution is 1.28. The standard InChI is InChI=1S/C58H42N2/c1-4-15-43(16-5-1)46-31-37-53(38-32-46)60(54-39-33-47(34-40-54)44-17-6-2-7-18-44)57-25-13-12-24-56(57)50-29-27-45(28-30-50)48-35-41-52(42-36-48)59(51-21-8-3-9-22-51)58-26-14-20-49-19-10-11-23-55(49)58/h1-42H. The molecule has 0 amide bonds. The highest BCUT2D eigenvalue weighted by molar-refractivity contribution is 5.99. The number of benzene rings is 10. The topological polar surface area (TPSA) is 6.48 Å². The van der Waals surface area contributed by atoms with Gasteiger partial charge in [-0.15, -0.1) is 0 Å². The van der Waals surface area contributed by atoms with Gasteiger partial charge in [-0.05, 0) is 105 Å². The summed E-state index contributed by atoms with van der Waals surface area (Å²) in [4.78, 5) is 4.72. The van der Waals surface area contributed by atoms with Crippen molar-refractivity contribution in [3.8, 4) is 44.5 Å². The van der Waals surface area contributed by atoms with E-state index in [2.05, 4.69) is 265 Å². The molecule has 0 bridgehead atoms. The molecule has 0 heterocycles. The summed E-state index contributed by atoms with van der Waals surface area (Å²) in [6.45, 7) is 0. The summed E-state index contributed by atoms with van der Waals surface area (Å²) in [5.41, 5.74) is 16.1. The second-order valence-corrected chi connectivity index (χ2v) is 15.0. The van der Waals surface area contributed by atoms with Crippen molar-refractivity contribution in [3.63, 3.8) is 0 Å². The van der Waals surface area contributed by atoms with Crippen molar-refractivity contribution in [2.75, 3.05) is 9.80 Å². The molecule has 284 valence electrons. The molecule has 2 nitrogen and oxygen atoms in total. The monoisotopic (exact) mass is 766 g/mol. The maximum Gasteiger partial charge on any atom is 0.0540 e. The van der Waals surface area contributed by atoms with E-state index in [1.807, 2.05) is 0 Å². The van der Waals surface area contributed by atoms with E-state index >= 15 is 0 Å². The third kappa shape index (κ3) is 7.35. The van der Waals surface area contributed by atoms with Crippen LogP contribution in [0.1, 0.15) is 0 Å². The van der Waals surface area contributed by atoms with Crippen LogP contribution in [0.4, 0.5) is 34.1 Å². The summed E-state index contributed by atoms with van der Waals surface area (Å²) in [6, 6.07) is 91.4. The molecule has 0 aliphatic carbocycles. The highest BCUT2D eigenvalue weighted by atomic mass is 15.1. The van der Waals surface area contributed by atoms with Crippen molar-refractivity contribution < 1.29 is 0 Å². The first-order chi connectivity index (χ1) is 29.8. The molecule has 2 heteroatoms. The lowest BCUT2D eigenvalue weighted by atomic mass is 9.97. The Hall–Kier alpha value is -7.94. The Kier molecular flexibility index (Phi) is 10.0. The fourth-order valence-corrected chi connectivity index (χ4v) is 8.26. The van der Waals surface area contributed by atoms with Crippen LogP contribution in [0, 0.1) is 0 Å². The largest absolute Gasteiger partial charge is 0.310 e. The second-order valence-electron chi connectivity index (χ2n) is 15.0. The summed E-state index contributed by atoms with van der Waals surface area (Å²) in [7, 11) is 0. The molecule has 0 spiro atoms. The number of hydrogen-bond donors (Lipinski definition) is 0. The maximum atomic E-state index is 2.37. The first-order valence-electron chi connectivity index (χ1n) is 20.5. The molecule has 0 saturated carbocycles. The lowest BCUT2D eigenvalue weighted by Gasteiger charge is -2.28. The van der Waals surface area contributed by atoms with Gasteiger partial charge < -0.3 is 9.80 Å². The molecule has 0 aliphatic heterocycles. The van der Waals surface area contributed by atoms with Crippen LogP contribution >= 0.6 is 0 Å². The maximum absolute atomic E-state index is 2.37. The molecule has 0 saturated heterocycles. The minimum absolute atomic E-state index is 1.10. The lowest BCUT2D eigenvalue weighted by Crippen LogP contribution is -2.11. The normalized spacial score (nSPS) is 11.0. The van der Waals surface area contributed by atoms with Gasteiger partial charge in [0, 0.05) is 33.7 Å². The Morgan fingerprint density at radius 2 is 0.533 bits per heavy atom. The zero-order valence-electron chi connectivity index (χ0n) is 33.1. The number of nitrogens with zero attached hydrogens (tertiary/aromatic N) is 2. The summed E-state index contributed by atoms with van der Waals surface area (Å²) in [6.07, 6.45) is 0. The van der Waals surface area contributed by atoms with Crippen LogP contribution in [0.3, 0.4) is 0 Å². The average molecular weight is 767 g/mol. The van der Waals surface area contributed by atoms with Gasteiger partial charge in [0.25, 0.3) is 0 Å². The molecule has 0 N–H and O–H groups in total. The quantitative estimate of drug-likeness (QED) is 0.137. The second kappa shape index (κ2) is 16.5. The van der Waals surface area contributed by atoms with E-state index in [0.29, 0.717) is 0 Å². The van der Waals surface area contributed by atoms with E-state index in [0.717, 1.165) is 45.3 Å². The van der Waals surface area contributed by atoms with Gasteiger partial charge in [-0.1, -0.05) is 194 Å². The van der Waals surface area contributed by atoms with Crippen LogP contribution in [-0.4, -0.2) is 0 Å². The van der Waals surface area contributed by atoms with Crippen LogP contribution < -0.4 is 9.80 Å². The molecular formula is C58H42N2. The number of para-hydroxylation sites is 2. The zero-order valence-corrected chi connectivity index (χ0v) is 33.1. The Labute approximate surface area is 352 Å². The van der Waals surface area contributed by atoms with Crippen molar-refractivity contribution >= 4 is 44.9 Å². The zero-order chi connectivity index (χ0) is 40.1. The Bertz CT molecular complexity index is 2890. The van der Waals surface area contributed by atoms with Crippen molar-refractivity contribution in [1.82, 2.24) is 0 Å². The van der Waals surface area contributed by atoms with Crippen molar-refractivity contribution in [3.05, 3.63) is 255 Å². The average Bonchev–Trinajstić information content (AvgIpc) is 3.34. The van der Waals surface area contributed by atoms with Gasteiger partial charge >= 0.3 is 0 Å². The van der Waals surface area contributed by atoms with E-state index in [1.54, 1.807) is 0 Å². The molecule has 60 heavy (non-hydrogen) atoms. The third-order valence-electron chi connectivity index (χ3n) is 11.3. The van der Waals surface area contributed by atoms with E-state index in [4.69, 9.17) is 0 Å². The fraction of sp³-hybridized carbons (Fsp3) is 0. The first-order valence-corrected chi connectivity index (χ1v) is 20.5. The number of anilines is 6. The van der Waals surface area contributed by atoms with Crippen LogP contribution in [0.5, 0.6) is 0 Å². The summed E-state index contributed by atoms with van der Waals surface area (Å²) in [5, 5.41) is 2.44. The Morgan fingerprint density at radius 3 is 1.07 bits per heavy atom. The predicted molar refractivity (Wildman–Crippen MR) is 255 cm³/mol. The fourth-order valence-electron chi connectivity index (χ4n) is 8.26. The SMILES string of the molecule is c1ccc(-c2ccc(N(c3ccc(-c4ccccc4)cc3)c3ccccc3-c3ccc(-c4ccc(N(c5ccccc5)c5cccc6ccccc56)cc4)cc3)cc2)cc1. The smallest absolute Gasteiger partial charge is 0.0540 e. The van der Waals surface area contributed by atoms with E-state index in [-0.39, 0.29) is 0 Å². The van der Waals surface area contributed by atoms with Gasteiger partial charge in [-0.25, -0.2) is 0 Å². The summed E-state index contributed by atoms with van der Waals surface area (Å²) >= 11 is 0. The van der Waals surface area contributed by atoms with Crippen molar-refractivity contribution in [1.29, 1.82) is 0 Å². The minimum Gasteiger partial charge on any atom is -0.310 e. The van der Waals surface area contributed by atoms with Gasteiger partial charge in [-0.3, -0.25) is 0 Å². The number of fused-ring (bicyclic) bond motifs is 1. The molecule has 0 fully saturated rings. The summed E-state index contributed by atoms with van der Waals surface area (Å²) in [5.74, 6) is 0. The number of hydrogen-bond acceptors (Lipinski definition) is 2. The van der Waals surface area contributed by atoms with Crippen LogP contribution in [0.15, 0.2) is 255 Å². The van der Waals surface area contributed by atoms with Crippen molar-refractivity contribution in [2.24, 2.45) is 0 Å². The van der Waals surface area contributed by atoms with E-state index in [1.165, 1.54) is 44.2 Å². The molecule has 10 aromatic carbocycles. The van der Waals surface area contributed by atoms with Crippen LogP contribution in [0.2, 0.25) is 0 Å². The first kappa shape index (κ1) is 36.4. The van der Waals surface area contributed by atoms with Crippen LogP contribution in [0.25, 0.3) is 55.3 Å². The molecule has 10 rings (SSSR count). The van der Waals surface area contributed by atoms with E-state index in [9.17, 15) is 0 Å². The van der Waals surface area contributed by atoms with Gasteiger partial charge in [0.2, 0.25) is 0 Å². The molecule has 0 aliphatic rings. The summed E-state index contributed by atoms with van der Waals surface area (Å²) < 4.78 is 0. The third-order valence-corrected chi connectivity index (χ3v) is 11.3. The van der Waals surface area contributed by atoms with Gasteiger partial charge in [-0.2, -0.15) is 0 Å². The van der Waals surface area contributed by atoms with Gasteiger partial charge in [0.15, 0.2) is 0 Å². The highest BCUT2D eigenvalue weighted by Crippen LogP contribution is 2.43. The number of rotatable bonds is 10. The van der Waals surface area contributed by atoms with Gasteiger partial charge in [0.1, 0.15) is 0 Å². The molecule has 0 radical (unpaired) electrons. The molecule has 0 aromatic heterocycles. The Morgan fingerprint density at radius 1 is 0.200 bits per heavy atom. The molecule has 10 aromatic rings. The van der Waals surface area contributed by atoms with Gasteiger partial charge in [0.05, 0.1) is 11.4 Å². The molecular weight excluding hydrogens is 725 g/mol. The van der Waals surface area contributed by atoms with E-state index < -0.39 is 0 Å². The predicted octanol–water partition coefficient (Wildman–Crippen LogP) is 16.4. The Balaban J connectivity index is 0.988. The molecule has 0 unspecified atom stereocenters. The molecule has 0 atom stereocenters.